The van der Waals surface area contributed by atoms with Gasteiger partial charge in [-0.3, -0.25) is 9.59 Å². The van der Waals surface area contributed by atoms with E-state index in [1.807, 2.05) is 0 Å². The van der Waals surface area contributed by atoms with Crippen LogP contribution >= 0.6 is 0 Å². The van der Waals surface area contributed by atoms with E-state index < -0.39 is 87.8 Å². The maximum atomic E-state index is 13.9. The van der Waals surface area contributed by atoms with Gasteiger partial charge < -0.3 is 10.2 Å². The summed E-state index contributed by atoms with van der Waals surface area (Å²) in [4.78, 5) is 21.1. The fourth-order valence-corrected chi connectivity index (χ4v) is 3.29. The smallest absolute Gasteiger partial charge is 0.460 e. The quantitative estimate of drug-likeness (QED) is 0.263. The highest BCUT2D eigenvalue weighted by Crippen LogP contribution is 2.64. The lowest BCUT2D eigenvalue weighted by atomic mass is 9.91. The molecule has 0 bridgehead atoms. The molecule has 0 radical (unpaired) electrons. The molecule has 0 aliphatic carbocycles. The monoisotopic (exact) mass is 629 g/mol. The number of sulfonamides is 1. The molecule has 7 nitrogen and oxygen atoms in total. The molecule has 0 amide bonds. The second kappa shape index (κ2) is 9.69. The summed E-state index contributed by atoms with van der Waals surface area (Å²) in [5, 5.41) is 8.92. The highest BCUT2D eigenvalue weighted by Gasteiger charge is 2.96. The van der Waals surface area contributed by atoms with Crippen LogP contribution in [-0.4, -0.2) is 83.6 Å². The molecule has 25 heteroatoms. The van der Waals surface area contributed by atoms with Gasteiger partial charge >= 0.3 is 58.9 Å². The third-order valence-electron chi connectivity index (χ3n) is 4.27. The molecule has 0 saturated carbocycles. The Morgan fingerprint density at radius 2 is 0.921 bits per heavy atom. The van der Waals surface area contributed by atoms with Gasteiger partial charge in [0.1, 0.15) is 6.04 Å². The van der Waals surface area contributed by atoms with Crippen LogP contribution in [0.3, 0.4) is 0 Å². The van der Waals surface area contributed by atoms with Crippen molar-refractivity contribution in [2.75, 3.05) is 0 Å². The molecule has 0 spiro atoms. The van der Waals surface area contributed by atoms with Gasteiger partial charge in [-0.25, -0.2) is 8.42 Å². The Labute approximate surface area is 196 Å². The summed E-state index contributed by atoms with van der Waals surface area (Å²) in [6.45, 7) is 0. The van der Waals surface area contributed by atoms with E-state index in [0.29, 0.717) is 0 Å². The molecule has 38 heavy (non-hydrogen) atoms. The third-order valence-corrected chi connectivity index (χ3v) is 5.80. The summed E-state index contributed by atoms with van der Waals surface area (Å²) < 4.78 is 247. The summed E-state index contributed by atoms with van der Waals surface area (Å²) in [6, 6.07) is -3.26. The number of carboxylic acids is 2. The predicted octanol–water partition coefficient (Wildman–Crippen LogP) is 4.19. The van der Waals surface area contributed by atoms with Gasteiger partial charge in [0, 0.05) is 6.42 Å². The number of hydrogen-bond acceptors (Lipinski definition) is 4. The zero-order valence-corrected chi connectivity index (χ0v) is 17.7. The van der Waals surface area contributed by atoms with Crippen LogP contribution < -0.4 is 4.72 Å². The van der Waals surface area contributed by atoms with Crippen molar-refractivity contribution in [3.05, 3.63) is 0 Å². The van der Waals surface area contributed by atoms with Crippen LogP contribution in [0.15, 0.2) is 0 Å². The van der Waals surface area contributed by atoms with E-state index in [1.54, 1.807) is 0 Å². The van der Waals surface area contributed by atoms with Crippen LogP contribution in [-0.2, 0) is 19.6 Å². The van der Waals surface area contributed by atoms with Crippen LogP contribution in [0.25, 0.3) is 0 Å². The Kier molecular flexibility index (Phi) is 9.09. The first kappa shape index (κ1) is 35.7. The van der Waals surface area contributed by atoms with Crippen molar-refractivity contribution < 1.29 is 103 Å². The second-order valence-corrected chi connectivity index (χ2v) is 8.66. The number of hydrogen-bond donors (Lipinski definition) is 3. The first-order chi connectivity index (χ1) is 16.2. The molecule has 0 rings (SSSR count). The zero-order valence-electron chi connectivity index (χ0n) is 16.9. The Morgan fingerprint density at radius 3 is 1.21 bits per heavy atom. The van der Waals surface area contributed by atoms with Crippen molar-refractivity contribution in [1.29, 1.82) is 0 Å². The molecule has 0 unspecified atom stereocenters. The van der Waals surface area contributed by atoms with Gasteiger partial charge in [-0.05, 0) is 6.42 Å². The molecule has 0 aromatic carbocycles. The Bertz CT molecular complexity index is 1020. The predicted molar refractivity (Wildman–Crippen MR) is 81.0 cm³/mol. The molecule has 0 fully saturated rings. The topological polar surface area (TPSA) is 121 Å². The van der Waals surface area contributed by atoms with Crippen molar-refractivity contribution in [1.82, 2.24) is 4.72 Å². The Morgan fingerprint density at radius 1 is 0.605 bits per heavy atom. The van der Waals surface area contributed by atoms with Crippen molar-refractivity contribution in [3.63, 3.8) is 0 Å². The van der Waals surface area contributed by atoms with E-state index in [1.165, 1.54) is 0 Å². The first-order valence-electron chi connectivity index (χ1n) is 8.40. The molecule has 3 N–H and O–H groups in total. The summed E-state index contributed by atoms with van der Waals surface area (Å²) in [7, 11) is -7.87. The second-order valence-electron chi connectivity index (χ2n) is 6.91. The Balaban J connectivity index is 6.87. The van der Waals surface area contributed by atoms with Crippen LogP contribution in [0.5, 0.6) is 0 Å². The highest BCUT2D eigenvalue weighted by atomic mass is 32.2. The van der Waals surface area contributed by atoms with Gasteiger partial charge in [0.25, 0.3) is 10.0 Å². The normalized spacial score (nSPS) is 16.3. The third kappa shape index (κ3) is 5.13. The van der Waals surface area contributed by atoms with Crippen molar-refractivity contribution >= 4 is 22.0 Å². The van der Waals surface area contributed by atoms with E-state index in [0.717, 1.165) is 0 Å². The molecule has 1 atom stereocenters. The van der Waals surface area contributed by atoms with Gasteiger partial charge in [0.15, 0.2) is 0 Å². The summed E-state index contributed by atoms with van der Waals surface area (Å²) in [6.07, 6.45) is -11.1. The van der Waals surface area contributed by atoms with Gasteiger partial charge in [-0.15, -0.1) is 0 Å². The largest absolute Gasteiger partial charge is 0.481 e. The molecular weight excluding hydrogens is 621 g/mol. The lowest BCUT2D eigenvalue weighted by Crippen LogP contribution is -2.75. The van der Waals surface area contributed by atoms with Gasteiger partial charge in [-0.2, -0.15) is 79.4 Å². The number of carboxylic acid groups (broad SMARTS) is 2. The number of nitrogens with one attached hydrogen (secondary N) is 1. The zero-order chi connectivity index (χ0) is 31.4. The minimum Gasteiger partial charge on any atom is -0.481 e. The summed E-state index contributed by atoms with van der Waals surface area (Å²) >= 11 is 0. The standard InChI is InChI=1S/C13H8F17NO6S/c14-6(15,8(18,19)10(22,23)12(26,27)28)7(16,17)9(20,21)11(24,25)13(29,30)38(36,37)31-3(5(34)35)1-2-4(32)33/h3,31H,1-2H2,(H,32,33)(H,34,35)/t3-/m0/s1. The number of carbonyl (C=O) groups is 2. The fourth-order valence-electron chi connectivity index (χ4n) is 2.08. The Hall–Kier alpha value is -2.34. The van der Waals surface area contributed by atoms with Gasteiger partial charge in [0.05, 0.1) is 0 Å². The number of alkyl halides is 17. The van der Waals surface area contributed by atoms with Crippen LogP contribution in [0.4, 0.5) is 74.6 Å². The van der Waals surface area contributed by atoms with E-state index in [2.05, 4.69) is 0 Å². The molecule has 0 aliphatic rings. The molecule has 0 aromatic rings. The first-order valence-corrected chi connectivity index (χ1v) is 9.88. The molecular formula is C13H8F17NO6S. The SMILES string of the molecule is O=C(O)CC[C@H](NS(=O)(=O)C(F)(F)C(F)(F)C(F)(F)C(F)(F)C(F)(F)C(F)(F)C(F)(F)C(F)(F)F)C(=O)O. The van der Waals surface area contributed by atoms with Gasteiger partial charge in [-0.1, -0.05) is 0 Å². The van der Waals surface area contributed by atoms with E-state index in [4.69, 9.17) is 10.2 Å². The molecule has 226 valence electrons. The minimum absolute atomic E-state index is 0.0721. The molecule has 0 aliphatic heterocycles. The average molecular weight is 629 g/mol. The van der Waals surface area contributed by atoms with Gasteiger partial charge in [0.2, 0.25) is 0 Å². The van der Waals surface area contributed by atoms with E-state index >= 15 is 0 Å². The minimum atomic E-state index is -9.03. The maximum absolute atomic E-state index is 13.9. The van der Waals surface area contributed by atoms with Crippen molar-refractivity contribution in [3.8, 4) is 0 Å². The van der Waals surface area contributed by atoms with Crippen molar-refractivity contribution in [2.45, 2.75) is 65.8 Å². The molecule has 0 heterocycles. The lowest BCUT2D eigenvalue weighted by Gasteiger charge is -2.42. The van der Waals surface area contributed by atoms with E-state index in [9.17, 15) is 92.6 Å². The maximum Gasteiger partial charge on any atom is 0.460 e. The highest BCUT2D eigenvalue weighted by molar-refractivity contribution is 7.90. The fraction of sp³-hybridized carbons (Fsp3) is 0.846. The summed E-state index contributed by atoms with van der Waals surface area (Å²) in [5.41, 5.74) is 0. The molecule has 0 aromatic heterocycles. The van der Waals surface area contributed by atoms with Crippen LogP contribution in [0, 0.1) is 0 Å². The number of halogens is 17. The van der Waals surface area contributed by atoms with Crippen molar-refractivity contribution in [2.24, 2.45) is 0 Å². The number of aliphatic carboxylic acids is 2. The molecule has 0 saturated heterocycles. The number of rotatable bonds is 13. The average Bonchev–Trinajstić information content (AvgIpc) is 2.68. The van der Waals surface area contributed by atoms with E-state index in [-0.39, 0.29) is 4.72 Å². The van der Waals surface area contributed by atoms with Crippen LogP contribution in [0.1, 0.15) is 12.8 Å². The van der Waals surface area contributed by atoms with Crippen LogP contribution in [0.2, 0.25) is 0 Å². The lowest BCUT2D eigenvalue weighted by molar-refractivity contribution is -0.458. The summed E-state index contributed by atoms with van der Waals surface area (Å²) in [5.74, 6) is -57.5.